The number of nitrogens with zero attached hydrogens (tertiary/aromatic N) is 6. The van der Waals surface area contributed by atoms with Crippen LogP contribution in [-0.4, -0.2) is 48.4 Å². The van der Waals surface area contributed by atoms with Gasteiger partial charge in [0.1, 0.15) is 5.69 Å². The number of rotatable bonds is 5. The normalized spacial score (nSPS) is 17.7. The second-order valence-corrected chi connectivity index (χ2v) is 7.36. The van der Waals surface area contributed by atoms with Gasteiger partial charge in [-0.1, -0.05) is 0 Å². The van der Waals surface area contributed by atoms with Gasteiger partial charge in [0.05, 0.1) is 17.4 Å². The Bertz CT molecular complexity index is 869. The Kier molecular flexibility index (Phi) is 4.81. The van der Waals surface area contributed by atoms with Gasteiger partial charge in [0.25, 0.3) is 5.91 Å². The number of hydrogen-bond acceptors (Lipinski definition) is 6. The molecule has 4 rings (SSSR count). The summed E-state index contributed by atoms with van der Waals surface area (Å²) in [5.74, 6) is 0.158. The molecule has 1 N–H and O–H groups in total. The molecule has 0 aromatic carbocycles. The molecule has 0 bridgehead atoms. The van der Waals surface area contributed by atoms with Gasteiger partial charge in [-0.3, -0.25) is 19.1 Å². The van der Waals surface area contributed by atoms with Crippen LogP contribution in [0, 0.1) is 5.92 Å². The monoisotopic (exact) mass is 371 g/mol. The smallest absolute Gasteiger partial charge is 0.270 e. The van der Waals surface area contributed by atoms with E-state index in [9.17, 15) is 4.79 Å². The molecule has 0 aliphatic carbocycles. The van der Waals surface area contributed by atoms with Crippen molar-refractivity contribution in [2.45, 2.75) is 19.6 Å². The van der Waals surface area contributed by atoms with E-state index < -0.39 is 0 Å². The average Bonchev–Trinajstić information content (AvgIpc) is 3.35. The summed E-state index contributed by atoms with van der Waals surface area (Å²) in [5.41, 5.74) is 4.54. The van der Waals surface area contributed by atoms with Crippen LogP contribution in [0.4, 0.5) is 0 Å². The fourth-order valence-corrected chi connectivity index (χ4v) is 3.87. The second kappa shape index (κ2) is 7.38. The lowest BCUT2D eigenvalue weighted by atomic mass is 10.1. The Hall–Kier alpha value is -2.52. The van der Waals surface area contributed by atoms with E-state index in [-0.39, 0.29) is 11.8 Å². The predicted octanol–water partition coefficient (Wildman–Crippen LogP) is 1.14. The van der Waals surface area contributed by atoms with E-state index in [4.69, 9.17) is 0 Å². The molecule has 0 spiro atoms. The lowest BCUT2D eigenvalue weighted by molar-refractivity contribution is 0.0936. The summed E-state index contributed by atoms with van der Waals surface area (Å²) in [6.45, 7) is 3.94. The highest BCUT2D eigenvalue weighted by molar-refractivity contribution is 7.07. The maximum atomic E-state index is 12.2. The number of amides is 1. The Morgan fingerprint density at radius 2 is 2.31 bits per heavy atom. The average molecular weight is 371 g/mol. The van der Waals surface area contributed by atoms with Gasteiger partial charge in [0, 0.05) is 69.0 Å². The van der Waals surface area contributed by atoms with Crippen LogP contribution in [0.1, 0.15) is 21.7 Å². The fraction of sp³-hybridized carbons (Fsp3) is 0.412. The molecule has 0 saturated carbocycles. The standard InChI is InChI=1S/C17H21N7OS/c1-22-6-14(5-21-22)8-23-7-13(9-24-15(10-23)2-3-20-24)4-18-17(25)16-11-26-12-19-16/h2-3,5-6,11-13H,4,7-10H2,1H3,(H,18,25)/t13-/m0/s1. The molecular formula is C17H21N7OS. The molecule has 1 amide bonds. The molecule has 0 fully saturated rings. The summed E-state index contributed by atoms with van der Waals surface area (Å²) in [7, 11) is 1.93. The molecule has 1 aliphatic heterocycles. The van der Waals surface area contributed by atoms with Crippen LogP contribution in [0.2, 0.25) is 0 Å². The number of nitrogens with one attached hydrogen (secondary N) is 1. The molecule has 3 aromatic heterocycles. The molecule has 0 radical (unpaired) electrons. The predicted molar refractivity (Wildman–Crippen MR) is 97.5 cm³/mol. The van der Waals surface area contributed by atoms with E-state index in [1.165, 1.54) is 22.6 Å². The number of carbonyl (C=O) groups is 1. The van der Waals surface area contributed by atoms with Crippen LogP contribution in [-0.2, 0) is 26.7 Å². The first-order valence-corrected chi connectivity index (χ1v) is 9.48. The third-order valence-corrected chi connectivity index (χ3v) is 5.10. The van der Waals surface area contributed by atoms with Crippen LogP contribution >= 0.6 is 11.3 Å². The number of aromatic nitrogens is 5. The molecule has 1 atom stereocenters. The topological polar surface area (TPSA) is 80.9 Å². The zero-order valence-corrected chi connectivity index (χ0v) is 15.4. The zero-order valence-electron chi connectivity index (χ0n) is 14.6. The van der Waals surface area contributed by atoms with Crippen molar-refractivity contribution in [2.75, 3.05) is 13.1 Å². The Morgan fingerprint density at radius 3 is 3.08 bits per heavy atom. The van der Waals surface area contributed by atoms with Gasteiger partial charge >= 0.3 is 0 Å². The quantitative estimate of drug-likeness (QED) is 0.727. The van der Waals surface area contributed by atoms with Crippen molar-refractivity contribution >= 4 is 17.2 Å². The molecule has 8 nitrogen and oxygen atoms in total. The van der Waals surface area contributed by atoms with Crippen molar-refractivity contribution in [1.29, 1.82) is 0 Å². The third kappa shape index (κ3) is 3.83. The van der Waals surface area contributed by atoms with Crippen molar-refractivity contribution in [3.05, 3.63) is 52.5 Å². The Morgan fingerprint density at radius 1 is 1.38 bits per heavy atom. The Balaban J connectivity index is 1.44. The minimum atomic E-state index is -0.116. The van der Waals surface area contributed by atoms with Crippen LogP contribution < -0.4 is 5.32 Å². The molecular weight excluding hydrogens is 350 g/mol. The van der Waals surface area contributed by atoms with Gasteiger partial charge in [-0.15, -0.1) is 11.3 Å². The molecule has 0 unspecified atom stereocenters. The molecule has 3 aromatic rings. The van der Waals surface area contributed by atoms with Crippen molar-refractivity contribution in [1.82, 2.24) is 34.8 Å². The van der Waals surface area contributed by atoms with E-state index in [1.807, 2.05) is 35.0 Å². The molecule has 26 heavy (non-hydrogen) atoms. The summed E-state index contributed by atoms with van der Waals surface area (Å²) in [4.78, 5) is 18.6. The number of aryl methyl sites for hydroxylation is 1. The van der Waals surface area contributed by atoms with Crippen LogP contribution in [0.5, 0.6) is 0 Å². The lowest BCUT2D eigenvalue weighted by Crippen LogP contribution is -2.36. The molecule has 0 saturated heterocycles. The largest absolute Gasteiger partial charge is 0.350 e. The van der Waals surface area contributed by atoms with E-state index >= 15 is 0 Å². The SMILES string of the molecule is Cn1cc(CN2Cc3ccnn3C[C@@H](CNC(=O)c3cscn3)C2)cn1. The van der Waals surface area contributed by atoms with Gasteiger partial charge in [0.15, 0.2) is 0 Å². The van der Waals surface area contributed by atoms with Gasteiger partial charge in [-0.05, 0) is 6.07 Å². The third-order valence-electron chi connectivity index (χ3n) is 4.52. The van der Waals surface area contributed by atoms with Crippen molar-refractivity contribution in [2.24, 2.45) is 13.0 Å². The highest BCUT2D eigenvalue weighted by Crippen LogP contribution is 2.18. The molecule has 136 valence electrons. The van der Waals surface area contributed by atoms with Crippen LogP contribution in [0.25, 0.3) is 0 Å². The zero-order chi connectivity index (χ0) is 17.9. The van der Waals surface area contributed by atoms with Crippen molar-refractivity contribution in [3.63, 3.8) is 0 Å². The summed E-state index contributed by atoms with van der Waals surface area (Å²) < 4.78 is 3.87. The molecule has 4 heterocycles. The number of thiazole rings is 1. The second-order valence-electron chi connectivity index (χ2n) is 6.65. The highest BCUT2D eigenvalue weighted by atomic mass is 32.1. The van der Waals surface area contributed by atoms with Crippen LogP contribution in [0.15, 0.2) is 35.5 Å². The van der Waals surface area contributed by atoms with Gasteiger partial charge in [-0.25, -0.2) is 4.98 Å². The van der Waals surface area contributed by atoms with Gasteiger partial charge < -0.3 is 5.32 Å². The summed E-state index contributed by atoms with van der Waals surface area (Å²) >= 11 is 1.43. The van der Waals surface area contributed by atoms with E-state index in [0.29, 0.717) is 12.2 Å². The number of fused-ring (bicyclic) bond motifs is 1. The first-order valence-electron chi connectivity index (χ1n) is 8.54. The van der Waals surface area contributed by atoms with E-state index in [1.54, 1.807) is 10.9 Å². The van der Waals surface area contributed by atoms with Crippen molar-refractivity contribution in [3.8, 4) is 0 Å². The summed E-state index contributed by atoms with van der Waals surface area (Å²) in [6.07, 6.45) is 5.79. The van der Waals surface area contributed by atoms with Gasteiger partial charge in [-0.2, -0.15) is 10.2 Å². The number of hydrogen-bond donors (Lipinski definition) is 1. The minimum Gasteiger partial charge on any atom is -0.350 e. The van der Waals surface area contributed by atoms with Crippen molar-refractivity contribution < 1.29 is 4.79 Å². The molecule has 1 aliphatic rings. The molecule has 9 heteroatoms. The maximum absolute atomic E-state index is 12.2. The first-order chi connectivity index (χ1) is 12.7. The highest BCUT2D eigenvalue weighted by Gasteiger charge is 2.23. The van der Waals surface area contributed by atoms with Crippen LogP contribution in [0.3, 0.4) is 0 Å². The number of carbonyl (C=O) groups excluding carboxylic acids is 1. The maximum Gasteiger partial charge on any atom is 0.270 e. The minimum absolute atomic E-state index is 0.116. The Labute approximate surface area is 155 Å². The first kappa shape index (κ1) is 16.9. The lowest BCUT2D eigenvalue weighted by Gasteiger charge is -2.23. The fourth-order valence-electron chi connectivity index (χ4n) is 3.33. The van der Waals surface area contributed by atoms with Gasteiger partial charge in [0.2, 0.25) is 0 Å². The van der Waals surface area contributed by atoms with E-state index in [0.717, 1.165) is 26.2 Å². The summed E-state index contributed by atoms with van der Waals surface area (Å²) in [5, 5.41) is 13.5. The van der Waals surface area contributed by atoms with E-state index in [2.05, 4.69) is 31.5 Å². The summed E-state index contributed by atoms with van der Waals surface area (Å²) in [6, 6.07) is 2.06.